The summed E-state index contributed by atoms with van der Waals surface area (Å²) in [4.78, 5) is 9.55. The minimum atomic E-state index is -4.30. The van der Waals surface area contributed by atoms with Crippen LogP contribution in [-0.2, 0) is 14.8 Å². The van der Waals surface area contributed by atoms with Gasteiger partial charge in [-0.15, -0.1) is 0 Å². The van der Waals surface area contributed by atoms with Crippen molar-refractivity contribution >= 4 is 21.6 Å². The molecule has 0 aliphatic heterocycles. The summed E-state index contributed by atoms with van der Waals surface area (Å²) in [7, 11) is -4.30. The van der Waals surface area contributed by atoms with E-state index in [1.54, 1.807) is 4.72 Å². The Labute approximate surface area is 95.6 Å². The molecule has 6 nitrogen and oxygen atoms in total. The van der Waals surface area contributed by atoms with E-state index in [1.807, 2.05) is 0 Å². The van der Waals surface area contributed by atoms with Crippen LogP contribution in [0, 0.1) is 11.6 Å². The fourth-order valence-electron chi connectivity index (χ4n) is 1.00. The minimum absolute atomic E-state index is 0.695. The molecule has 1 rings (SSSR count). The Kier molecular flexibility index (Phi) is 3.63. The topological polar surface area (TPSA) is 115 Å². The summed E-state index contributed by atoms with van der Waals surface area (Å²) in [6, 6.07) is 1.40. The van der Waals surface area contributed by atoms with Crippen molar-refractivity contribution in [2.45, 2.75) is 4.90 Å². The van der Waals surface area contributed by atoms with Crippen LogP contribution in [0.5, 0.6) is 0 Å². The predicted molar refractivity (Wildman–Crippen MR) is 55.2 cm³/mol. The van der Waals surface area contributed by atoms with Gasteiger partial charge >= 0.3 is 0 Å². The normalized spacial score (nSPS) is 11.4. The molecule has 1 aromatic rings. The highest BCUT2D eigenvalue weighted by Gasteiger charge is 2.22. The molecule has 0 atom stereocenters. The maximum atomic E-state index is 13.4. The summed E-state index contributed by atoms with van der Waals surface area (Å²) in [6.45, 7) is -0.695. The number of hydrogen-bond donors (Lipinski definition) is 3. The molecule has 1 aromatic carbocycles. The SMILES string of the molecule is NC(=O)CNS(=O)(=O)c1ccc(F)c(N)c1F. The standard InChI is InChI=1S/C8H9F2N3O3S/c9-4-1-2-5(7(10)8(4)12)17(15,16)13-3-6(11)14/h1-2,13H,3,12H2,(H2,11,14). The van der Waals surface area contributed by atoms with E-state index in [0.717, 1.165) is 0 Å². The average Bonchev–Trinajstić information content (AvgIpc) is 2.23. The number of sulfonamides is 1. The molecule has 0 spiro atoms. The first-order valence-electron chi connectivity index (χ1n) is 4.27. The van der Waals surface area contributed by atoms with E-state index in [4.69, 9.17) is 11.5 Å². The summed E-state index contributed by atoms with van der Waals surface area (Å²) < 4.78 is 50.9. The summed E-state index contributed by atoms with van der Waals surface area (Å²) in [6.07, 6.45) is 0. The van der Waals surface area contributed by atoms with Gasteiger partial charge in [-0.1, -0.05) is 0 Å². The molecule has 0 saturated carbocycles. The van der Waals surface area contributed by atoms with Crippen LogP contribution >= 0.6 is 0 Å². The Morgan fingerprint density at radius 2 is 1.94 bits per heavy atom. The first-order valence-corrected chi connectivity index (χ1v) is 5.75. The number of carbonyl (C=O) groups is 1. The molecule has 9 heteroatoms. The summed E-state index contributed by atoms with van der Waals surface area (Å²) >= 11 is 0. The lowest BCUT2D eigenvalue weighted by Gasteiger charge is -2.07. The van der Waals surface area contributed by atoms with Crippen molar-refractivity contribution in [3.05, 3.63) is 23.8 Å². The number of nitrogen functional groups attached to an aromatic ring is 1. The van der Waals surface area contributed by atoms with E-state index >= 15 is 0 Å². The molecule has 0 bridgehead atoms. The van der Waals surface area contributed by atoms with Gasteiger partial charge in [-0.3, -0.25) is 4.79 Å². The molecule has 0 aliphatic rings. The molecule has 0 aromatic heterocycles. The highest BCUT2D eigenvalue weighted by molar-refractivity contribution is 7.89. The van der Waals surface area contributed by atoms with Crippen LogP contribution in [0.2, 0.25) is 0 Å². The molecule has 17 heavy (non-hydrogen) atoms. The third-order valence-corrected chi connectivity index (χ3v) is 3.24. The van der Waals surface area contributed by atoms with Crippen LogP contribution in [0.1, 0.15) is 0 Å². The number of carbonyl (C=O) groups excluding carboxylic acids is 1. The Morgan fingerprint density at radius 3 is 2.47 bits per heavy atom. The van der Waals surface area contributed by atoms with Gasteiger partial charge in [0.2, 0.25) is 15.9 Å². The van der Waals surface area contributed by atoms with Crippen LogP contribution in [0.4, 0.5) is 14.5 Å². The lowest BCUT2D eigenvalue weighted by molar-refractivity contribution is -0.116. The van der Waals surface area contributed by atoms with E-state index in [9.17, 15) is 22.0 Å². The molecule has 1 amide bonds. The van der Waals surface area contributed by atoms with E-state index < -0.39 is 44.7 Å². The molecule has 0 aliphatic carbocycles. The van der Waals surface area contributed by atoms with Gasteiger partial charge in [0.15, 0.2) is 5.82 Å². The van der Waals surface area contributed by atoms with E-state index in [-0.39, 0.29) is 0 Å². The third-order valence-electron chi connectivity index (χ3n) is 1.82. The molecule has 0 unspecified atom stereocenters. The number of nitrogens with two attached hydrogens (primary N) is 2. The van der Waals surface area contributed by atoms with Crippen molar-refractivity contribution in [2.24, 2.45) is 5.73 Å². The zero-order valence-corrected chi connectivity index (χ0v) is 9.22. The Hall–Kier alpha value is -1.74. The number of halogens is 2. The van der Waals surface area contributed by atoms with Gasteiger partial charge in [-0.2, -0.15) is 0 Å². The third kappa shape index (κ3) is 2.88. The smallest absolute Gasteiger partial charge is 0.244 e. The summed E-state index contributed by atoms with van der Waals surface area (Å²) in [5.41, 5.74) is 8.82. The monoisotopic (exact) mass is 265 g/mol. The first kappa shape index (κ1) is 13.3. The second-order valence-electron chi connectivity index (χ2n) is 3.06. The van der Waals surface area contributed by atoms with Crippen LogP contribution in [0.3, 0.4) is 0 Å². The fourth-order valence-corrected chi connectivity index (χ4v) is 2.08. The molecular formula is C8H9F2N3O3S. The number of amides is 1. The Balaban J connectivity index is 3.16. The number of rotatable bonds is 4. The maximum Gasteiger partial charge on any atom is 0.244 e. The second kappa shape index (κ2) is 4.63. The minimum Gasteiger partial charge on any atom is -0.394 e. The number of nitrogens with one attached hydrogen (secondary N) is 1. The van der Waals surface area contributed by atoms with Crippen molar-refractivity contribution in [2.75, 3.05) is 12.3 Å². The molecular weight excluding hydrogens is 256 g/mol. The first-order chi connectivity index (χ1) is 7.75. The zero-order valence-electron chi connectivity index (χ0n) is 8.41. The van der Waals surface area contributed by atoms with Crippen molar-refractivity contribution in [1.82, 2.24) is 4.72 Å². The van der Waals surface area contributed by atoms with E-state index in [0.29, 0.717) is 12.1 Å². The molecule has 94 valence electrons. The average molecular weight is 265 g/mol. The molecule has 0 saturated heterocycles. The van der Waals surface area contributed by atoms with Crippen molar-refractivity contribution < 1.29 is 22.0 Å². The van der Waals surface area contributed by atoms with Crippen LogP contribution in [-0.4, -0.2) is 20.9 Å². The number of anilines is 1. The fraction of sp³-hybridized carbons (Fsp3) is 0.125. The van der Waals surface area contributed by atoms with Gasteiger partial charge in [0.05, 0.1) is 6.54 Å². The Bertz CT molecular complexity index is 559. The highest BCUT2D eigenvalue weighted by Crippen LogP contribution is 2.22. The summed E-state index contributed by atoms with van der Waals surface area (Å²) in [5, 5.41) is 0. The number of benzene rings is 1. The van der Waals surface area contributed by atoms with E-state index in [1.165, 1.54) is 0 Å². The van der Waals surface area contributed by atoms with Gasteiger partial charge in [0.25, 0.3) is 0 Å². The van der Waals surface area contributed by atoms with Gasteiger partial charge < -0.3 is 11.5 Å². The zero-order chi connectivity index (χ0) is 13.2. The van der Waals surface area contributed by atoms with Crippen LogP contribution in [0.25, 0.3) is 0 Å². The van der Waals surface area contributed by atoms with Gasteiger partial charge in [-0.25, -0.2) is 21.9 Å². The number of primary amides is 1. The van der Waals surface area contributed by atoms with Crippen LogP contribution in [0.15, 0.2) is 17.0 Å². The lowest BCUT2D eigenvalue weighted by atomic mass is 10.3. The molecule has 0 fully saturated rings. The summed E-state index contributed by atoms with van der Waals surface area (Å²) in [5.74, 6) is -3.43. The number of hydrogen-bond acceptors (Lipinski definition) is 4. The van der Waals surface area contributed by atoms with Gasteiger partial charge in [0, 0.05) is 0 Å². The van der Waals surface area contributed by atoms with E-state index in [2.05, 4.69) is 0 Å². The van der Waals surface area contributed by atoms with Crippen molar-refractivity contribution in [3.63, 3.8) is 0 Å². The quantitative estimate of drug-likeness (QED) is 0.625. The molecule has 5 N–H and O–H groups in total. The largest absolute Gasteiger partial charge is 0.394 e. The molecule has 0 radical (unpaired) electrons. The Morgan fingerprint density at radius 1 is 1.35 bits per heavy atom. The van der Waals surface area contributed by atoms with Gasteiger partial charge in [-0.05, 0) is 12.1 Å². The molecule has 0 heterocycles. The van der Waals surface area contributed by atoms with Gasteiger partial charge in [0.1, 0.15) is 16.4 Å². The maximum absolute atomic E-state index is 13.4. The second-order valence-corrected chi connectivity index (χ2v) is 4.80. The van der Waals surface area contributed by atoms with Crippen LogP contribution < -0.4 is 16.2 Å². The van der Waals surface area contributed by atoms with Crippen molar-refractivity contribution in [3.8, 4) is 0 Å². The lowest BCUT2D eigenvalue weighted by Crippen LogP contribution is -2.33. The van der Waals surface area contributed by atoms with Crippen molar-refractivity contribution in [1.29, 1.82) is 0 Å². The highest BCUT2D eigenvalue weighted by atomic mass is 32.2. The predicted octanol–water partition coefficient (Wildman–Crippen LogP) is -0.689.